The number of amides is 1. The van der Waals surface area contributed by atoms with E-state index in [-0.39, 0.29) is 11.5 Å². The van der Waals surface area contributed by atoms with Crippen molar-refractivity contribution in [3.05, 3.63) is 29.3 Å². The highest BCUT2D eigenvalue weighted by Crippen LogP contribution is 2.51. The molecule has 0 heterocycles. The molecule has 6 heteroatoms. The molecule has 1 aliphatic rings. The largest absolute Gasteiger partial charge is 0.505 e. The lowest BCUT2D eigenvalue weighted by molar-refractivity contribution is -0.177. The first kappa shape index (κ1) is 15.7. The quantitative estimate of drug-likeness (QED) is 0.902. The normalized spacial score (nSPS) is 27.0. The number of carbonyl (C=O) groups excluding carboxylic acids is 1. The molecule has 116 valence electrons. The molecule has 0 spiro atoms. The van der Waals surface area contributed by atoms with Gasteiger partial charge < -0.3 is 15.2 Å². The van der Waals surface area contributed by atoms with E-state index in [2.05, 4.69) is 5.32 Å². The van der Waals surface area contributed by atoms with Gasteiger partial charge in [-0.1, -0.05) is 13.8 Å². The van der Waals surface area contributed by atoms with Gasteiger partial charge in [0.05, 0.1) is 5.60 Å². The summed E-state index contributed by atoms with van der Waals surface area (Å²) in [6, 6.07) is 1.46. The Morgan fingerprint density at radius 3 is 2.52 bits per heavy atom. The molecule has 0 bridgehead atoms. The Morgan fingerprint density at radius 1 is 1.38 bits per heavy atom. The van der Waals surface area contributed by atoms with Crippen molar-refractivity contribution >= 4 is 5.91 Å². The van der Waals surface area contributed by atoms with Crippen LogP contribution in [0.15, 0.2) is 12.1 Å². The van der Waals surface area contributed by atoms with Gasteiger partial charge >= 0.3 is 0 Å². The summed E-state index contributed by atoms with van der Waals surface area (Å²) in [4.78, 5) is 12.1. The third-order valence-corrected chi connectivity index (χ3v) is 4.88. The Bertz CT molecular complexity index is 589. The number of rotatable bonds is 3. The summed E-state index contributed by atoms with van der Waals surface area (Å²) >= 11 is 0. The molecule has 0 aliphatic heterocycles. The molecular weight excluding hydrogens is 280 g/mol. The van der Waals surface area contributed by atoms with Crippen LogP contribution >= 0.6 is 0 Å². The summed E-state index contributed by atoms with van der Waals surface area (Å²) in [5.74, 6) is -3.89. The van der Waals surface area contributed by atoms with Gasteiger partial charge in [0.15, 0.2) is 11.6 Å². The SMILES string of the molecule is CO[C@@]1(C)C[C@H](NC(=O)c2c(F)ccc(O)c2F)C1(C)C. The van der Waals surface area contributed by atoms with Crippen LogP contribution in [0.4, 0.5) is 8.78 Å². The molecule has 1 aliphatic carbocycles. The van der Waals surface area contributed by atoms with E-state index in [0.29, 0.717) is 6.42 Å². The molecule has 1 aromatic rings. The van der Waals surface area contributed by atoms with Crippen LogP contribution in [0.25, 0.3) is 0 Å². The minimum Gasteiger partial charge on any atom is -0.505 e. The van der Waals surface area contributed by atoms with Crippen LogP contribution < -0.4 is 5.32 Å². The molecule has 0 saturated heterocycles. The summed E-state index contributed by atoms with van der Waals surface area (Å²) in [5.41, 5.74) is -1.54. The monoisotopic (exact) mass is 299 g/mol. The summed E-state index contributed by atoms with van der Waals surface area (Å²) in [5, 5.41) is 11.9. The summed E-state index contributed by atoms with van der Waals surface area (Å²) < 4.78 is 32.8. The van der Waals surface area contributed by atoms with Gasteiger partial charge in [0.1, 0.15) is 11.4 Å². The topological polar surface area (TPSA) is 58.6 Å². The van der Waals surface area contributed by atoms with Crippen LogP contribution in [0.1, 0.15) is 37.6 Å². The summed E-state index contributed by atoms with van der Waals surface area (Å²) in [6.07, 6.45) is 0.546. The maximum absolute atomic E-state index is 13.7. The first-order valence-corrected chi connectivity index (χ1v) is 6.67. The third-order valence-electron chi connectivity index (χ3n) is 4.88. The molecule has 1 amide bonds. The minimum absolute atomic E-state index is 0.268. The fourth-order valence-electron chi connectivity index (χ4n) is 2.70. The van der Waals surface area contributed by atoms with Gasteiger partial charge in [0, 0.05) is 18.6 Å². The number of nitrogens with one attached hydrogen (secondary N) is 1. The lowest BCUT2D eigenvalue weighted by atomic mass is 9.56. The van der Waals surface area contributed by atoms with Crippen molar-refractivity contribution in [2.45, 2.75) is 38.8 Å². The number of halogens is 2. The average molecular weight is 299 g/mol. The van der Waals surface area contributed by atoms with Crippen molar-refractivity contribution in [2.75, 3.05) is 7.11 Å². The average Bonchev–Trinajstić information content (AvgIpc) is 2.42. The van der Waals surface area contributed by atoms with E-state index >= 15 is 0 Å². The summed E-state index contributed by atoms with van der Waals surface area (Å²) in [6.45, 7) is 5.76. The Balaban J connectivity index is 2.20. The summed E-state index contributed by atoms with van der Waals surface area (Å²) in [7, 11) is 1.59. The molecular formula is C15H19F2NO3. The van der Waals surface area contributed by atoms with E-state index in [4.69, 9.17) is 4.74 Å². The van der Waals surface area contributed by atoms with Crippen LogP contribution in [-0.2, 0) is 4.74 Å². The van der Waals surface area contributed by atoms with Gasteiger partial charge in [0.2, 0.25) is 0 Å². The number of phenols is 1. The second-order valence-corrected chi connectivity index (χ2v) is 6.14. The van der Waals surface area contributed by atoms with Gasteiger partial charge in [-0.05, 0) is 25.5 Å². The van der Waals surface area contributed by atoms with Crippen LogP contribution in [0, 0.1) is 17.0 Å². The lowest BCUT2D eigenvalue weighted by Gasteiger charge is -2.59. The second kappa shape index (κ2) is 4.94. The predicted octanol–water partition coefficient (Wildman–Crippen LogP) is 2.60. The van der Waals surface area contributed by atoms with E-state index in [1.807, 2.05) is 20.8 Å². The molecule has 2 atom stereocenters. The minimum atomic E-state index is -1.25. The smallest absolute Gasteiger partial charge is 0.257 e. The van der Waals surface area contributed by atoms with Gasteiger partial charge in [-0.15, -0.1) is 0 Å². The number of hydrogen-bond acceptors (Lipinski definition) is 3. The van der Waals surface area contributed by atoms with Gasteiger partial charge in [0.25, 0.3) is 5.91 Å². The van der Waals surface area contributed by atoms with Crippen LogP contribution in [-0.4, -0.2) is 29.8 Å². The van der Waals surface area contributed by atoms with E-state index in [9.17, 15) is 18.7 Å². The van der Waals surface area contributed by atoms with Crippen LogP contribution in [0.2, 0.25) is 0 Å². The number of ether oxygens (including phenoxy) is 1. The molecule has 0 unspecified atom stereocenters. The van der Waals surface area contributed by atoms with E-state index in [0.717, 1.165) is 12.1 Å². The molecule has 0 radical (unpaired) electrons. The Kier molecular flexibility index (Phi) is 3.70. The van der Waals surface area contributed by atoms with Crippen molar-refractivity contribution in [3.63, 3.8) is 0 Å². The van der Waals surface area contributed by atoms with Crippen molar-refractivity contribution in [1.29, 1.82) is 0 Å². The number of phenolic OH excluding ortho intramolecular Hbond substituents is 1. The zero-order valence-corrected chi connectivity index (χ0v) is 12.5. The van der Waals surface area contributed by atoms with E-state index < -0.39 is 34.5 Å². The van der Waals surface area contributed by atoms with Crippen LogP contribution in [0.5, 0.6) is 5.75 Å². The fraction of sp³-hybridized carbons (Fsp3) is 0.533. The first-order valence-electron chi connectivity index (χ1n) is 6.67. The van der Waals surface area contributed by atoms with Gasteiger partial charge in [-0.3, -0.25) is 4.79 Å². The number of benzene rings is 1. The van der Waals surface area contributed by atoms with Crippen molar-refractivity contribution in [1.82, 2.24) is 5.32 Å². The molecule has 4 nitrogen and oxygen atoms in total. The van der Waals surface area contributed by atoms with Crippen molar-refractivity contribution in [2.24, 2.45) is 5.41 Å². The molecule has 0 aromatic heterocycles. The maximum atomic E-state index is 13.7. The number of aromatic hydroxyl groups is 1. The zero-order valence-electron chi connectivity index (χ0n) is 12.5. The predicted molar refractivity (Wildman–Crippen MR) is 73.1 cm³/mol. The maximum Gasteiger partial charge on any atom is 0.257 e. The molecule has 1 fully saturated rings. The first-order chi connectivity index (χ1) is 9.64. The van der Waals surface area contributed by atoms with E-state index in [1.54, 1.807) is 7.11 Å². The molecule has 1 saturated carbocycles. The highest BCUT2D eigenvalue weighted by Gasteiger charge is 2.58. The van der Waals surface area contributed by atoms with Gasteiger partial charge in [-0.25, -0.2) is 8.78 Å². The molecule has 2 rings (SSSR count). The highest BCUT2D eigenvalue weighted by molar-refractivity contribution is 5.95. The second-order valence-electron chi connectivity index (χ2n) is 6.14. The number of carbonyl (C=O) groups is 1. The Labute approximate surface area is 122 Å². The molecule has 1 aromatic carbocycles. The fourth-order valence-corrected chi connectivity index (χ4v) is 2.70. The lowest BCUT2D eigenvalue weighted by Crippen LogP contribution is -2.68. The van der Waals surface area contributed by atoms with Crippen molar-refractivity contribution in [3.8, 4) is 5.75 Å². The van der Waals surface area contributed by atoms with Crippen LogP contribution in [0.3, 0.4) is 0 Å². The van der Waals surface area contributed by atoms with E-state index in [1.165, 1.54) is 0 Å². The zero-order chi connectivity index (χ0) is 16.0. The number of hydrogen-bond donors (Lipinski definition) is 2. The van der Waals surface area contributed by atoms with Gasteiger partial charge in [-0.2, -0.15) is 0 Å². The number of methoxy groups -OCH3 is 1. The molecule has 2 N–H and O–H groups in total. The Hall–Kier alpha value is -1.69. The molecule has 21 heavy (non-hydrogen) atoms. The standard InChI is InChI=1S/C15H19F2NO3/c1-14(2)10(7-15(14,3)21-4)18-13(20)11-8(16)5-6-9(19)12(11)17/h5-6,10,19H,7H2,1-4H3,(H,18,20)/t10-,15-/m0/s1. The van der Waals surface area contributed by atoms with Crippen molar-refractivity contribution < 1.29 is 23.4 Å². The highest BCUT2D eigenvalue weighted by atomic mass is 19.1. The Morgan fingerprint density at radius 2 is 2.00 bits per heavy atom. The third kappa shape index (κ3) is 2.27.